The Hall–Kier alpha value is -2.53. The van der Waals surface area contributed by atoms with Crippen molar-refractivity contribution in [1.82, 2.24) is 5.32 Å². The second-order valence-electron chi connectivity index (χ2n) is 5.12. The average Bonchev–Trinajstić information content (AvgIpc) is 2.61. The predicted octanol–water partition coefficient (Wildman–Crippen LogP) is 2.06. The van der Waals surface area contributed by atoms with E-state index in [2.05, 4.69) is 5.32 Å². The van der Waals surface area contributed by atoms with Crippen LogP contribution in [0.15, 0.2) is 48.5 Å². The lowest BCUT2D eigenvalue weighted by Gasteiger charge is -2.13. The first kappa shape index (κ1) is 16.8. The van der Waals surface area contributed by atoms with Gasteiger partial charge in [-0.3, -0.25) is 4.79 Å². The van der Waals surface area contributed by atoms with Crippen molar-refractivity contribution in [3.63, 3.8) is 0 Å². The lowest BCUT2D eigenvalue weighted by molar-refractivity contribution is -0.122. The van der Waals surface area contributed by atoms with E-state index in [1.54, 1.807) is 14.2 Å². The molecule has 0 aliphatic heterocycles. The zero-order valence-electron chi connectivity index (χ0n) is 13.4. The van der Waals surface area contributed by atoms with Gasteiger partial charge in [-0.2, -0.15) is 0 Å². The van der Waals surface area contributed by atoms with Gasteiger partial charge >= 0.3 is 0 Å². The standard InChI is InChI=1S/C18H22N2O3/c1-22-15-9-8-13(12-16(15)23-2)10-11-20-18(21)17(19)14-6-4-3-5-7-14/h3-9,12,17H,10-11,19H2,1-2H3,(H,20,21). The monoisotopic (exact) mass is 314 g/mol. The van der Waals surface area contributed by atoms with Crippen molar-refractivity contribution in [2.75, 3.05) is 20.8 Å². The molecule has 0 spiro atoms. The van der Waals surface area contributed by atoms with Crippen molar-refractivity contribution in [1.29, 1.82) is 0 Å². The van der Waals surface area contributed by atoms with Crippen molar-refractivity contribution in [2.24, 2.45) is 5.73 Å². The van der Waals surface area contributed by atoms with Gasteiger partial charge in [-0.1, -0.05) is 36.4 Å². The van der Waals surface area contributed by atoms with Gasteiger partial charge in [0.05, 0.1) is 14.2 Å². The molecule has 0 aliphatic rings. The molecule has 0 heterocycles. The van der Waals surface area contributed by atoms with E-state index < -0.39 is 6.04 Å². The fourth-order valence-electron chi connectivity index (χ4n) is 2.29. The molecule has 1 unspecified atom stereocenters. The van der Waals surface area contributed by atoms with E-state index in [9.17, 15) is 4.79 Å². The smallest absolute Gasteiger partial charge is 0.241 e. The topological polar surface area (TPSA) is 73.6 Å². The lowest BCUT2D eigenvalue weighted by Crippen LogP contribution is -2.35. The maximum atomic E-state index is 12.1. The summed E-state index contributed by atoms with van der Waals surface area (Å²) < 4.78 is 10.5. The number of ether oxygens (including phenoxy) is 2. The van der Waals surface area contributed by atoms with E-state index in [0.29, 0.717) is 24.5 Å². The third-order valence-corrected chi connectivity index (χ3v) is 3.60. The molecule has 5 nitrogen and oxygen atoms in total. The minimum Gasteiger partial charge on any atom is -0.493 e. The van der Waals surface area contributed by atoms with Gasteiger partial charge in [-0.25, -0.2) is 0 Å². The highest BCUT2D eigenvalue weighted by atomic mass is 16.5. The molecule has 1 amide bonds. The molecule has 0 radical (unpaired) electrons. The maximum absolute atomic E-state index is 12.1. The summed E-state index contributed by atoms with van der Waals surface area (Å²) in [4.78, 5) is 12.1. The Kier molecular flexibility index (Phi) is 6.00. The SMILES string of the molecule is COc1ccc(CCNC(=O)C(N)c2ccccc2)cc1OC. The van der Waals surface area contributed by atoms with Crippen LogP contribution in [-0.4, -0.2) is 26.7 Å². The molecular weight excluding hydrogens is 292 g/mol. The highest BCUT2D eigenvalue weighted by molar-refractivity contribution is 5.82. The van der Waals surface area contributed by atoms with Gasteiger partial charge in [0, 0.05) is 6.54 Å². The van der Waals surface area contributed by atoms with Gasteiger partial charge < -0.3 is 20.5 Å². The second-order valence-corrected chi connectivity index (χ2v) is 5.12. The molecule has 122 valence electrons. The quantitative estimate of drug-likeness (QED) is 0.820. The largest absolute Gasteiger partial charge is 0.493 e. The number of nitrogens with two attached hydrogens (primary N) is 1. The van der Waals surface area contributed by atoms with E-state index in [1.807, 2.05) is 48.5 Å². The molecule has 2 rings (SSSR count). The summed E-state index contributed by atoms with van der Waals surface area (Å²) in [6.45, 7) is 0.509. The molecule has 0 saturated carbocycles. The number of benzene rings is 2. The minimum absolute atomic E-state index is 0.184. The van der Waals surface area contributed by atoms with E-state index in [0.717, 1.165) is 11.1 Å². The summed E-state index contributed by atoms with van der Waals surface area (Å²) in [6.07, 6.45) is 0.688. The Balaban J connectivity index is 1.88. The number of nitrogens with one attached hydrogen (secondary N) is 1. The summed E-state index contributed by atoms with van der Waals surface area (Å²) in [7, 11) is 3.20. The van der Waals surface area contributed by atoms with Crippen LogP contribution in [0.4, 0.5) is 0 Å². The highest BCUT2D eigenvalue weighted by Gasteiger charge is 2.14. The molecule has 2 aromatic rings. The molecule has 0 aliphatic carbocycles. The Bertz CT molecular complexity index is 644. The molecule has 0 aromatic heterocycles. The van der Waals surface area contributed by atoms with E-state index in [4.69, 9.17) is 15.2 Å². The fourth-order valence-corrected chi connectivity index (χ4v) is 2.29. The Morgan fingerprint density at radius 3 is 2.43 bits per heavy atom. The third-order valence-electron chi connectivity index (χ3n) is 3.60. The van der Waals surface area contributed by atoms with E-state index in [-0.39, 0.29) is 5.91 Å². The summed E-state index contributed by atoms with van der Waals surface area (Å²) in [5.74, 6) is 1.18. The zero-order chi connectivity index (χ0) is 16.7. The molecule has 0 fully saturated rings. The van der Waals surface area contributed by atoms with Crippen LogP contribution in [0.3, 0.4) is 0 Å². The van der Waals surface area contributed by atoms with Crippen molar-refractivity contribution in [3.05, 3.63) is 59.7 Å². The molecule has 2 aromatic carbocycles. The normalized spacial score (nSPS) is 11.6. The third kappa shape index (κ3) is 4.47. The molecule has 5 heteroatoms. The molecule has 1 atom stereocenters. The van der Waals surface area contributed by atoms with Crippen LogP contribution >= 0.6 is 0 Å². The van der Waals surface area contributed by atoms with Crippen molar-refractivity contribution in [3.8, 4) is 11.5 Å². The summed E-state index contributed by atoms with van der Waals surface area (Å²) in [5.41, 5.74) is 7.81. The van der Waals surface area contributed by atoms with Gasteiger partial charge in [-0.05, 0) is 29.7 Å². The highest BCUT2D eigenvalue weighted by Crippen LogP contribution is 2.27. The van der Waals surface area contributed by atoms with Crippen LogP contribution in [0.5, 0.6) is 11.5 Å². The number of rotatable bonds is 7. The van der Waals surface area contributed by atoms with Crippen LogP contribution in [0.25, 0.3) is 0 Å². The van der Waals surface area contributed by atoms with Crippen molar-refractivity contribution in [2.45, 2.75) is 12.5 Å². The summed E-state index contributed by atoms with van der Waals surface area (Å²) in [5, 5.41) is 2.86. The molecule has 3 N–H and O–H groups in total. The lowest BCUT2D eigenvalue weighted by atomic mass is 10.1. The number of hydrogen-bond donors (Lipinski definition) is 2. The van der Waals surface area contributed by atoms with Crippen LogP contribution in [0.2, 0.25) is 0 Å². The van der Waals surface area contributed by atoms with Crippen LogP contribution in [0, 0.1) is 0 Å². The Morgan fingerprint density at radius 1 is 1.09 bits per heavy atom. The summed E-state index contributed by atoms with van der Waals surface area (Å²) in [6, 6.07) is 14.4. The van der Waals surface area contributed by atoms with Gasteiger partial charge in [-0.15, -0.1) is 0 Å². The maximum Gasteiger partial charge on any atom is 0.241 e. The van der Waals surface area contributed by atoms with E-state index >= 15 is 0 Å². The second kappa shape index (κ2) is 8.19. The molecule has 0 bridgehead atoms. The number of hydrogen-bond acceptors (Lipinski definition) is 4. The first-order valence-electron chi connectivity index (χ1n) is 7.45. The zero-order valence-corrected chi connectivity index (χ0v) is 13.4. The molecule has 23 heavy (non-hydrogen) atoms. The fraction of sp³-hybridized carbons (Fsp3) is 0.278. The van der Waals surface area contributed by atoms with Gasteiger partial charge in [0.25, 0.3) is 0 Å². The molecular formula is C18H22N2O3. The van der Waals surface area contributed by atoms with Crippen molar-refractivity contribution >= 4 is 5.91 Å². The minimum atomic E-state index is -0.651. The molecule has 0 saturated heterocycles. The number of carbonyl (C=O) groups is 1. The van der Waals surface area contributed by atoms with Crippen LogP contribution < -0.4 is 20.5 Å². The average molecular weight is 314 g/mol. The van der Waals surface area contributed by atoms with Crippen LogP contribution in [0.1, 0.15) is 17.2 Å². The van der Waals surface area contributed by atoms with Gasteiger partial charge in [0.1, 0.15) is 6.04 Å². The van der Waals surface area contributed by atoms with E-state index in [1.165, 1.54) is 0 Å². The first-order valence-corrected chi connectivity index (χ1v) is 7.45. The Labute approximate surface area is 136 Å². The van der Waals surface area contributed by atoms with Crippen molar-refractivity contribution < 1.29 is 14.3 Å². The number of amides is 1. The number of methoxy groups -OCH3 is 2. The predicted molar refractivity (Wildman–Crippen MR) is 89.6 cm³/mol. The number of carbonyl (C=O) groups excluding carboxylic acids is 1. The summed E-state index contributed by atoms with van der Waals surface area (Å²) >= 11 is 0. The first-order chi connectivity index (χ1) is 11.2. The Morgan fingerprint density at radius 2 is 1.78 bits per heavy atom. The van der Waals surface area contributed by atoms with Crippen LogP contribution in [-0.2, 0) is 11.2 Å². The van der Waals surface area contributed by atoms with Gasteiger partial charge in [0.15, 0.2) is 11.5 Å². The van der Waals surface area contributed by atoms with Gasteiger partial charge in [0.2, 0.25) is 5.91 Å².